The number of rotatable bonds is 13. The van der Waals surface area contributed by atoms with E-state index in [-0.39, 0.29) is 17.3 Å². The average Bonchev–Trinajstić information content (AvgIpc) is 3.43. The number of imidazole rings is 1. The Morgan fingerprint density at radius 3 is 2.58 bits per heavy atom. The Labute approximate surface area is 249 Å². The highest BCUT2D eigenvalue weighted by Gasteiger charge is 2.56. The number of hydrogen-bond acceptors (Lipinski definition) is 12. The molecule has 14 nitrogen and oxygen atoms in total. The summed E-state index contributed by atoms with van der Waals surface area (Å²) in [6, 6.07) is 7.06. The molecule has 43 heavy (non-hydrogen) atoms. The molecule has 0 unspecified atom stereocenters. The van der Waals surface area contributed by atoms with Crippen LogP contribution in [0.15, 0.2) is 36.7 Å². The molecule has 2 aromatic heterocycles. The van der Waals surface area contributed by atoms with Gasteiger partial charge in [0.2, 0.25) is 5.95 Å². The summed E-state index contributed by atoms with van der Waals surface area (Å²) in [5.74, 6) is 0.128. The first-order chi connectivity index (χ1) is 20.2. The summed E-state index contributed by atoms with van der Waals surface area (Å²) in [6.45, 7) is 10.0. The fraction of sp³-hybridized carbons (Fsp3) is 0.556. The molecule has 0 bridgehead atoms. The highest BCUT2D eigenvalue weighted by molar-refractivity contribution is 7.52. The van der Waals surface area contributed by atoms with Gasteiger partial charge in [-0.1, -0.05) is 32.0 Å². The summed E-state index contributed by atoms with van der Waals surface area (Å²) in [4.78, 5) is 25.2. The summed E-state index contributed by atoms with van der Waals surface area (Å²) in [6.07, 6.45) is -3.51. The number of fused-ring (bicyclic) bond motifs is 1. The van der Waals surface area contributed by atoms with Crippen molar-refractivity contribution < 1.29 is 37.4 Å². The third kappa shape index (κ3) is 7.60. The Bertz CT molecular complexity index is 1460. The van der Waals surface area contributed by atoms with Gasteiger partial charge in [-0.15, -0.1) is 0 Å². The van der Waals surface area contributed by atoms with Crippen molar-refractivity contribution in [3.05, 3.63) is 36.7 Å². The fourth-order valence-corrected chi connectivity index (χ4v) is 5.89. The van der Waals surface area contributed by atoms with Crippen LogP contribution in [-0.2, 0) is 23.4 Å². The minimum absolute atomic E-state index is 0.0605. The van der Waals surface area contributed by atoms with Gasteiger partial charge in [0, 0.05) is 6.54 Å². The van der Waals surface area contributed by atoms with E-state index in [9.17, 15) is 14.5 Å². The van der Waals surface area contributed by atoms with E-state index in [0.717, 1.165) is 0 Å². The molecular formula is C27H39FN7O7P. The molecule has 1 aliphatic rings. The van der Waals surface area contributed by atoms with Crippen molar-refractivity contribution in [2.75, 3.05) is 24.2 Å². The normalized spacial score (nSPS) is 24.3. The van der Waals surface area contributed by atoms with Crippen LogP contribution in [-0.4, -0.2) is 73.8 Å². The lowest BCUT2D eigenvalue weighted by atomic mass is 9.98. The quantitative estimate of drug-likeness (QED) is 0.160. The molecule has 1 aliphatic heterocycles. The molecule has 4 rings (SSSR count). The summed E-state index contributed by atoms with van der Waals surface area (Å²) < 4.78 is 53.6. The topological polar surface area (TPSA) is 185 Å². The third-order valence-corrected chi connectivity index (χ3v) is 8.16. The third-order valence-electron chi connectivity index (χ3n) is 6.52. The molecular weight excluding hydrogens is 584 g/mol. The highest BCUT2D eigenvalue weighted by Crippen LogP contribution is 2.48. The van der Waals surface area contributed by atoms with Crippen molar-refractivity contribution in [2.24, 2.45) is 5.92 Å². The van der Waals surface area contributed by atoms with E-state index in [1.54, 1.807) is 44.2 Å². The largest absolute Gasteiger partial charge is 0.462 e. The van der Waals surface area contributed by atoms with Gasteiger partial charge in [-0.25, -0.2) is 13.9 Å². The van der Waals surface area contributed by atoms with Crippen LogP contribution in [0, 0.1) is 5.92 Å². The van der Waals surface area contributed by atoms with Crippen LogP contribution in [0.2, 0.25) is 0 Å². The first-order valence-corrected chi connectivity index (χ1v) is 15.5. The van der Waals surface area contributed by atoms with E-state index < -0.39 is 56.6 Å². The van der Waals surface area contributed by atoms with Crippen LogP contribution in [0.5, 0.6) is 5.75 Å². The minimum atomic E-state index is -4.29. The lowest BCUT2D eigenvalue weighted by Gasteiger charge is -2.25. The van der Waals surface area contributed by atoms with Crippen molar-refractivity contribution >= 4 is 36.6 Å². The van der Waals surface area contributed by atoms with Crippen LogP contribution in [0.3, 0.4) is 0 Å². The molecule has 0 amide bonds. The number of nitrogens with one attached hydrogen (secondary N) is 2. The zero-order valence-corrected chi connectivity index (χ0v) is 25.8. The zero-order valence-electron chi connectivity index (χ0n) is 24.9. The van der Waals surface area contributed by atoms with Gasteiger partial charge in [-0.05, 0) is 45.7 Å². The van der Waals surface area contributed by atoms with Crippen molar-refractivity contribution in [1.82, 2.24) is 24.6 Å². The number of halogens is 1. The maximum Gasteiger partial charge on any atom is 0.459 e. The first kappa shape index (κ1) is 32.6. The second-order valence-corrected chi connectivity index (χ2v) is 12.9. The van der Waals surface area contributed by atoms with Crippen LogP contribution < -0.4 is 20.7 Å². The number of aliphatic hydroxyl groups excluding tert-OH is 1. The number of nitrogens with zero attached hydrogens (tertiary/aromatic N) is 4. The van der Waals surface area contributed by atoms with Crippen LogP contribution in [0.4, 0.5) is 16.2 Å². The number of nitrogen functional groups attached to an aromatic ring is 1. The molecule has 6 atom stereocenters. The molecule has 0 radical (unpaired) electrons. The Balaban J connectivity index is 1.56. The summed E-state index contributed by atoms with van der Waals surface area (Å²) in [5, 5.41) is 16.7. The van der Waals surface area contributed by atoms with Gasteiger partial charge in [-0.2, -0.15) is 15.1 Å². The monoisotopic (exact) mass is 623 g/mol. The van der Waals surface area contributed by atoms with Gasteiger partial charge < -0.3 is 30.2 Å². The fourth-order valence-electron chi connectivity index (χ4n) is 4.39. The van der Waals surface area contributed by atoms with E-state index >= 15 is 4.39 Å². The first-order valence-electron chi connectivity index (χ1n) is 13.9. The number of ether oxygens (including phenoxy) is 2. The molecule has 3 heterocycles. The Hall–Kier alpha value is -3.36. The van der Waals surface area contributed by atoms with Gasteiger partial charge in [0.05, 0.1) is 19.0 Å². The van der Waals surface area contributed by atoms with E-state index in [2.05, 4.69) is 25.4 Å². The highest BCUT2D eigenvalue weighted by atomic mass is 31.2. The molecule has 5 N–H and O–H groups in total. The van der Waals surface area contributed by atoms with Crippen molar-refractivity contribution in [3.63, 3.8) is 0 Å². The van der Waals surface area contributed by atoms with E-state index in [4.69, 9.17) is 24.3 Å². The van der Waals surface area contributed by atoms with E-state index in [1.165, 1.54) is 24.7 Å². The lowest BCUT2D eigenvalue weighted by Crippen LogP contribution is -2.41. The lowest BCUT2D eigenvalue weighted by molar-refractivity contribution is -0.149. The van der Waals surface area contributed by atoms with E-state index in [1.807, 2.05) is 13.8 Å². The molecule has 0 spiro atoms. The Morgan fingerprint density at radius 1 is 1.23 bits per heavy atom. The average molecular weight is 624 g/mol. The number of anilines is 2. The number of carbonyl (C=O) groups is 1. The molecule has 1 aromatic carbocycles. The zero-order chi connectivity index (χ0) is 31.5. The molecule has 1 fully saturated rings. The number of alkyl halides is 1. The number of esters is 1. The van der Waals surface area contributed by atoms with E-state index in [0.29, 0.717) is 23.8 Å². The Kier molecular flexibility index (Phi) is 9.92. The SMILES string of the molecule is CC(C)CNc1nc(N)nc2c1ncn2[C@@H]1O[C@H](CO[P@@](=O)(N[C@@H](C)C(=O)OC(C)C)Oc2ccccc2)[C@@H](O)[C@@]1(C)F. The van der Waals surface area contributed by atoms with Gasteiger partial charge >= 0.3 is 13.7 Å². The number of nitrogens with two attached hydrogens (primary N) is 1. The standard InChI is InChI=1S/C27H39FN7O7P/c1-15(2)12-30-22-20-23(33-26(29)32-22)35(14-31-20)25-27(6,28)21(36)19(41-25)13-39-43(38,42-18-10-8-7-9-11-18)34-17(5)24(37)40-16(3)4/h7-11,14-17,19,21,25,36H,12-13H2,1-6H3,(H,34,38)(H3,29,30,32,33)/t17-,19+,21+,25+,27+,43-/m0/s1. The van der Waals surface area contributed by atoms with Gasteiger partial charge in [0.15, 0.2) is 28.9 Å². The molecule has 3 aromatic rings. The summed E-state index contributed by atoms with van der Waals surface area (Å²) >= 11 is 0. The minimum Gasteiger partial charge on any atom is -0.462 e. The van der Waals surface area contributed by atoms with Gasteiger partial charge in [0.25, 0.3) is 0 Å². The van der Waals surface area contributed by atoms with Crippen LogP contribution in [0.25, 0.3) is 11.2 Å². The number of hydrogen-bond donors (Lipinski definition) is 4. The number of benzene rings is 1. The predicted octanol–water partition coefficient (Wildman–Crippen LogP) is 3.60. The maximum atomic E-state index is 16.1. The van der Waals surface area contributed by atoms with Gasteiger partial charge in [0.1, 0.15) is 24.0 Å². The maximum absolute atomic E-state index is 16.1. The second kappa shape index (κ2) is 13.1. The predicted molar refractivity (Wildman–Crippen MR) is 157 cm³/mol. The second-order valence-electron chi connectivity index (χ2n) is 11.2. The summed E-state index contributed by atoms with van der Waals surface area (Å²) in [5.41, 5.74) is 4.11. The molecule has 236 valence electrons. The molecule has 0 aliphatic carbocycles. The van der Waals surface area contributed by atoms with Crippen molar-refractivity contribution in [3.8, 4) is 5.75 Å². The van der Waals surface area contributed by atoms with Crippen LogP contribution >= 0.6 is 7.75 Å². The Morgan fingerprint density at radius 2 is 1.93 bits per heavy atom. The number of carbonyl (C=O) groups excluding carboxylic acids is 1. The molecule has 16 heteroatoms. The smallest absolute Gasteiger partial charge is 0.459 e. The number of para-hydroxylation sites is 1. The number of aliphatic hydroxyl groups is 1. The molecule has 0 saturated carbocycles. The van der Waals surface area contributed by atoms with Crippen molar-refractivity contribution in [2.45, 2.75) is 77.8 Å². The summed E-state index contributed by atoms with van der Waals surface area (Å²) in [7, 11) is -4.29. The molecule has 1 saturated heterocycles. The van der Waals surface area contributed by atoms with Crippen LogP contribution in [0.1, 0.15) is 47.8 Å². The van der Waals surface area contributed by atoms with Gasteiger partial charge in [-0.3, -0.25) is 13.9 Å². The number of aromatic nitrogens is 4. The van der Waals surface area contributed by atoms with Crippen molar-refractivity contribution in [1.29, 1.82) is 0 Å².